The summed E-state index contributed by atoms with van der Waals surface area (Å²) in [6.45, 7) is 0. The molecule has 0 saturated heterocycles. The Morgan fingerprint density at radius 2 is 2.30 bits per heavy atom. The van der Waals surface area contributed by atoms with Gasteiger partial charge < -0.3 is 0 Å². The number of hydrogen-bond acceptors (Lipinski definition) is 4. The van der Waals surface area contributed by atoms with E-state index in [-0.39, 0.29) is 9.92 Å². The Hall–Kier alpha value is -0.880. The zero-order valence-corrected chi connectivity index (χ0v) is 6.15. The van der Waals surface area contributed by atoms with Crippen molar-refractivity contribution in [1.29, 1.82) is 0 Å². The lowest BCUT2D eigenvalue weighted by molar-refractivity contribution is 0.622. The van der Waals surface area contributed by atoms with Crippen molar-refractivity contribution >= 4 is 21.9 Å². The van der Waals surface area contributed by atoms with E-state index in [0.29, 0.717) is 0 Å². The summed E-state index contributed by atoms with van der Waals surface area (Å²) in [4.78, 5) is 3.41. The van der Waals surface area contributed by atoms with Gasteiger partial charge in [-0.15, -0.1) is 0 Å². The molecule has 0 aliphatic carbocycles. The molecule has 0 bridgehead atoms. The highest BCUT2D eigenvalue weighted by molar-refractivity contribution is 7.63. The molecule has 0 saturated carbocycles. The number of H-pyrrole nitrogens is 1. The van der Waals surface area contributed by atoms with Gasteiger partial charge in [0.05, 0.1) is 6.20 Å². The van der Waals surface area contributed by atoms with Crippen LogP contribution in [0.3, 0.4) is 0 Å². The largest absolute Gasteiger partial charge is 0.271 e. The highest BCUT2D eigenvalue weighted by Crippen LogP contribution is 1.95. The number of rotatable bonds is 0. The number of aromatic nitrogens is 3. The molecule has 0 amide bonds. The van der Waals surface area contributed by atoms with Crippen LogP contribution >= 0.6 is 11.6 Å². The predicted molar refractivity (Wildman–Crippen MR) is 33.6 cm³/mol. The van der Waals surface area contributed by atoms with Gasteiger partial charge in [0.15, 0.2) is 5.15 Å². The van der Waals surface area contributed by atoms with Crippen molar-refractivity contribution in [2.24, 2.45) is 0 Å². The molecule has 0 fully saturated rings. The van der Waals surface area contributed by atoms with E-state index >= 15 is 0 Å². The van der Waals surface area contributed by atoms with Crippen LogP contribution < -0.4 is 0 Å². The number of aromatic amines is 1. The van der Waals surface area contributed by atoms with Gasteiger partial charge in [0.1, 0.15) is 0 Å². The third-order valence-electron chi connectivity index (χ3n) is 0.697. The maximum atomic E-state index is 10.2. The summed E-state index contributed by atoms with van der Waals surface area (Å²) in [5.41, 5.74) is 0. The zero-order valence-electron chi connectivity index (χ0n) is 4.57. The third kappa shape index (κ3) is 1.55. The topological polar surface area (TPSA) is 75.7 Å². The lowest BCUT2D eigenvalue weighted by Crippen LogP contribution is -1.87. The molecule has 0 spiro atoms. The molecule has 0 aliphatic heterocycles. The number of nitrogens with zero attached hydrogens (tertiary/aromatic N) is 2. The standard InChI is InChI=1S/C3H2ClN3O2S/c4-2-1-5-7-3(6-2)10(8)9/h1,7H. The van der Waals surface area contributed by atoms with Crippen LogP contribution in [0.25, 0.3) is 0 Å². The zero-order chi connectivity index (χ0) is 7.56. The van der Waals surface area contributed by atoms with E-state index in [1.807, 2.05) is 0 Å². The van der Waals surface area contributed by atoms with E-state index in [0.717, 1.165) is 0 Å². The van der Waals surface area contributed by atoms with Crippen LogP contribution in [-0.2, 0) is 10.3 Å². The molecule has 54 valence electrons. The minimum atomic E-state index is -2.40. The van der Waals surface area contributed by atoms with Crippen molar-refractivity contribution in [2.45, 2.75) is 0 Å². The van der Waals surface area contributed by atoms with Crippen molar-refractivity contribution in [3.8, 4) is 0 Å². The molecule has 0 aromatic carbocycles. The fourth-order valence-corrected chi connectivity index (χ4v) is 0.850. The van der Waals surface area contributed by atoms with Gasteiger partial charge in [-0.2, -0.15) is 13.5 Å². The fraction of sp³-hybridized carbons (Fsp3) is 0. The molecule has 0 aliphatic rings. The van der Waals surface area contributed by atoms with Crippen LogP contribution in [0, 0.1) is 4.77 Å². The second kappa shape index (κ2) is 2.80. The number of nitrogens with one attached hydrogen (secondary N) is 1. The summed E-state index contributed by atoms with van der Waals surface area (Å²) < 4.78 is 20.1. The summed E-state index contributed by atoms with van der Waals surface area (Å²) in [5.74, 6) is 0. The minimum Gasteiger partial charge on any atom is -0.248 e. The molecule has 0 atom stereocenters. The SMILES string of the molecule is O=S(=O)=c1nc(Cl)cn[nH]1. The first kappa shape index (κ1) is 7.23. The van der Waals surface area contributed by atoms with Crippen LogP contribution in [0.5, 0.6) is 0 Å². The Morgan fingerprint density at radius 3 is 2.70 bits per heavy atom. The second-order valence-electron chi connectivity index (χ2n) is 1.34. The second-order valence-corrected chi connectivity index (χ2v) is 2.59. The van der Waals surface area contributed by atoms with Gasteiger partial charge in [0.25, 0.3) is 15.1 Å². The summed E-state index contributed by atoms with van der Waals surface area (Å²) in [6.07, 6.45) is 1.21. The van der Waals surface area contributed by atoms with Gasteiger partial charge in [0.2, 0.25) is 0 Å². The Kier molecular flexibility index (Phi) is 2.03. The first-order valence-electron chi connectivity index (χ1n) is 2.19. The lowest BCUT2D eigenvalue weighted by atomic mass is 10.9. The maximum absolute atomic E-state index is 10.2. The molecule has 10 heavy (non-hydrogen) atoms. The minimum absolute atomic E-state index is 0.0398. The van der Waals surface area contributed by atoms with Crippen molar-refractivity contribution in [3.05, 3.63) is 16.1 Å². The highest BCUT2D eigenvalue weighted by atomic mass is 35.5. The first-order valence-corrected chi connectivity index (χ1v) is 3.65. The molecule has 0 radical (unpaired) electrons. The van der Waals surface area contributed by atoms with E-state index in [1.54, 1.807) is 0 Å². The van der Waals surface area contributed by atoms with E-state index in [9.17, 15) is 8.42 Å². The average molecular weight is 180 g/mol. The molecule has 1 aromatic heterocycles. The Morgan fingerprint density at radius 1 is 1.60 bits per heavy atom. The van der Waals surface area contributed by atoms with E-state index in [1.165, 1.54) is 6.20 Å². The van der Waals surface area contributed by atoms with Gasteiger partial charge in [-0.1, -0.05) is 11.6 Å². The van der Waals surface area contributed by atoms with Gasteiger partial charge in [-0.25, -0.2) is 10.1 Å². The van der Waals surface area contributed by atoms with E-state index in [2.05, 4.69) is 15.2 Å². The fourth-order valence-electron chi connectivity index (χ4n) is 0.366. The molecule has 5 nitrogen and oxygen atoms in total. The third-order valence-corrected chi connectivity index (χ3v) is 1.38. The summed E-state index contributed by atoms with van der Waals surface area (Å²) in [6, 6.07) is 0. The molecule has 1 N–H and O–H groups in total. The van der Waals surface area contributed by atoms with Crippen LogP contribution in [0.2, 0.25) is 5.15 Å². The molecule has 7 heteroatoms. The molecule has 1 aromatic rings. The maximum Gasteiger partial charge on any atom is 0.271 e. The van der Waals surface area contributed by atoms with Crippen LogP contribution in [0.15, 0.2) is 6.20 Å². The van der Waals surface area contributed by atoms with Crippen LogP contribution in [0.4, 0.5) is 0 Å². The lowest BCUT2D eigenvalue weighted by Gasteiger charge is -1.81. The molecular weight excluding hydrogens is 178 g/mol. The van der Waals surface area contributed by atoms with Gasteiger partial charge in [0, 0.05) is 0 Å². The van der Waals surface area contributed by atoms with E-state index in [4.69, 9.17) is 11.6 Å². The van der Waals surface area contributed by atoms with E-state index < -0.39 is 10.3 Å². The molecular formula is C3H2ClN3O2S. The van der Waals surface area contributed by atoms with Crippen molar-refractivity contribution < 1.29 is 8.42 Å². The molecule has 1 rings (SSSR count). The van der Waals surface area contributed by atoms with Crippen molar-refractivity contribution in [1.82, 2.24) is 15.2 Å². The number of hydrogen-bond donors (Lipinski definition) is 1. The van der Waals surface area contributed by atoms with Gasteiger partial charge in [-0.05, 0) is 0 Å². The highest BCUT2D eigenvalue weighted by Gasteiger charge is 1.87. The monoisotopic (exact) mass is 179 g/mol. The van der Waals surface area contributed by atoms with Gasteiger partial charge in [-0.3, -0.25) is 0 Å². The molecule has 1 heterocycles. The van der Waals surface area contributed by atoms with Crippen LogP contribution in [0.1, 0.15) is 0 Å². The summed E-state index contributed by atoms with van der Waals surface area (Å²) >= 11 is 5.32. The average Bonchev–Trinajstić information content (AvgIpc) is 1.88. The van der Waals surface area contributed by atoms with Crippen molar-refractivity contribution in [3.63, 3.8) is 0 Å². The molecule has 0 unspecified atom stereocenters. The quantitative estimate of drug-likeness (QED) is 0.563. The summed E-state index contributed by atoms with van der Waals surface area (Å²) in [5, 5.41) is 5.58. The summed E-state index contributed by atoms with van der Waals surface area (Å²) in [7, 11) is -2.40. The Bertz CT molecular complexity index is 386. The smallest absolute Gasteiger partial charge is 0.248 e. The number of halogens is 1. The Labute approximate surface area is 62.2 Å². The predicted octanol–water partition coefficient (Wildman–Crippen LogP) is -0.131. The normalized spacial score (nSPS) is 9.30. The Balaban J connectivity index is 3.65. The van der Waals surface area contributed by atoms with Gasteiger partial charge >= 0.3 is 0 Å². The first-order chi connectivity index (χ1) is 4.70. The van der Waals surface area contributed by atoms with Crippen LogP contribution in [-0.4, -0.2) is 23.6 Å². The van der Waals surface area contributed by atoms with Crippen molar-refractivity contribution in [2.75, 3.05) is 0 Å².